The Morgan fingerprint density at radius 2 is 2.00 bits per heavy atom. The third-order valence-corrected chi connectivity index (χ3v) is 1.78. The minimum atomic E-state index is -0.0562. The van der Waals surface area contributed by atoms with E-state index in [1.165, 1.54) is 7.11 Å². The van der Waals surface area contributed by atoms with Crippen LogP contribution in [-0.4, -0.2) is 51.7 Å². The van der Waals surface area contributed by atoms with Gasteiger partial charge in [0.05, 0.1) is 0 Å². The van der Waals surface area contributed by atoms with Crippen molar-refractivity contribution in [3.05, 3.63) is 0 Å². The number of methoxy groups -OCH3 is 1. The van der Waals surface area contributed by atoms with E-state index in [0.717, 1.165) is 6.54 Å². The van der Waals surface area contributed by atoms with Gasteiger partial charge < -0.3 is 15.0 Å². The summed E-state index contributed by atoms with van der Waals surface area (Å²) < 4.78 is 4.73. The van der Waals surface area contributed by atoms with Gasteiger partial charge in [0.25, 0.3) is 0 Å². The van der Waals surface area contributed by atoms with E-state index >= 15 is 0 Å². The first-order chi connectivity index (χ1) is 6.37. The molecule has 1 N–H and O–H groups in total. The van der Waals surface area contributed by atoms with Gasteiger partial charge in [0.2, 0.25) is 5.91 Å². The zero-order valence-electron chi connectivity index (χ0n) is 9.89. The van der Waals surface area contributed by atoms with E-state index in [-0.39, 0.29) is 17.9 Å². The van der Waals surface area contributed by atoms with Crippen molar-refractivity contribution in [2.75, 3.05) is 40.9 Å². The van der Waals surface area contributed by atoms with E-state index in [4.69, 9.17) is 4.74 Å². The third kappa shape index (κ3) is 6.86. The lowest BCUT2D eigenvalue weighted by Crippen LogP contribution is -2.41. The molecule has 0 atom stereocenters. The van der Waals surface area contributed by atoms with Gasteiger partial charge in [-0.3, -0.25) is 4.79 Å². The van der Waals surface area contributed by atoms with Crippen LogP contribution in [0.4, 0.5) is 0 Å². The third-order valence-electron chi connectivity index (χ3n) is 1.78. The van der Waals surface area contributed by atoms with Gasteiger partial charge in [-0.05, 0) is 19.5 Å². The summed E-state index contributed by atoms with van der Waals surface area (Å²) in [5.74, 6) is -0.0562. The first-order valence-electron chi connectivity index (χ1n) is 4.78. The zero-order chi connectivity index (χ0) is 11.2. The van der Waals surface area contributed by atoms with Gasteiger partial charge in [-0.2, -0.15) is 0 Å². The standard InChI is InChI=1S/C10H22N2O2/c1-10(2,8-12(3)4)7-11-9(13)6-14-5/h6-8H2,1-5H3,(H,11,13). The fourth-order valence-electron chi connectivity index (χ4n) is 1.43. The summed E-state index contributed by atoms with van der Waals surface area (Å²) in [7, 11) is 5.57. The van der Waals surface area contributed by atoms with E-state index in [2.05, 4.69) is 24.1 Å². The zero-order valence-corrected chi connectivity index (χ0v) is 9.89. The second-order valence-corrected chi connectivity index (χ2v) is 4.61. The Morgan fingerprint density at radius 3 is 2.43 bits per heavy atom. The molecule has 0 saturated heterocycles. The monoisotopic (exact) mass is 202 g/mol. The van der Waals surface area contributed by atoms with Gasteiger partial charge in [0, 0.05) is 20.2 Å². The summed E-state index contributed by atoms with van der Waals surface area (Å²) in [5, 5.41) is 2.84. The van der Waals surface area contributed by atoms with Crippen LogP contribution in [-0.2, 0) is 9.53 Å². The molecule has 4 nitrogen and oxygen atoms in total. The highest BCUT2D eigenvalue weighted by molar-refractivity contribution is 5.77. The molecular weight excluding hydrogens is 180 g/mol. The highest BCUT2D eigenvalue weighted by Gasteiger charge is 2.19. The number of nitrogens with one attached hydrogen (secondary N) is 1. The van der Waals surface area contributed by atoms with Gasteiger partial charge in [0.15, 0.2) is 0 Å². The SMILES string of the molecule is COCC(=O)NCC(C)(C)CN(C)C. The lowest BCUT2D eigenvalue weighted by atomic mass is 9.93. The summed E-state index contributed by atoms with van der Waals surface area (Å²) in [6.45, 7) is 6.01. The number of ether oxygens (including phenoxy) is 1. The number of rotatable bonds is 6. The average molecular weight is 202 g/mol. The van der Waals surface area contributed by atoms with Crippen LogP contribution in [0.15, 0.2) is 0 Å². The van der Waals surface area contributed by atoms with E-state index in [9.17, 15) is 4.79 Å². The number of carbonyl (C=O) groups is 1. The van der Waals surface area contributed by atoms with Gasteiger partial charge in [-0.1, -0.05) is 13.8 Å². The van der Waals surface area contributed by atoms with Crippen molar-refractivity contribution in [1.82, 2.24) is 10.2 Å². The molecule has 14 heavy (non-hydrogen) atoms. The Hall–Kier alpha value is -0.610. The molecule has 0 aromatic rings. The maximum absolute atomic E-state index is 11.1. The number of nitrogens with zero attached hydrogens (tertiary/aromatic N) is 1. The predicted molar refractivity (Wildman–Crippen MR) is 57.2 cm³/mol. The maximum Gasteiger partial charge on any atom is 0.246 e. The van der Waals surface area contributed by atoms with Crippen LogP contribution < -0.4 is 5.32 Å². The number of hydrogen-bond donors (Lipinski definition) is 1. The second kappa shape index (κ2) is 5.98. The first-order valence-corrected chi connectivity index (χ1v) is 4.78. The summed E-state index contributed by atoms with van der Waals surface area (Å²) >= 11 is 0. The maximum atomic E-state index is 11.1. The number of carbonyl (C=O) groups excluding carboxylic acids is 1. The predicted octanol–water partition coefficient (Wildman–Crippen LogP) is 0.337. The largest absolute Gasteiger partial charge is 0.375 e. The topological polar surface area (TPSA) is 41.6 Å². The van der Waals surface area contributed by atoms with E-state index in [1.54, 1.807) is 0 Å². The fraction of sp³-hybridized carbons (Fsp3) is 0.900. The molecule has 84 valence electrons. The van der Waals surface area contributed by atoms with Gasteiger partial charge >= 0.3 is 0 Å². The molecule has 0 fully saturated rings. The Morgan fingerprint density at radius 1 is 1.43 bits per heavy atom. The molecule has 0 aromatic heterocycles. The minimum absolute atomic E-state index is 0.0562. The Labute approximate surface area is 86.6 Å². The van der Waals surface area contributed by atoms with Crippen LogP contribution in [0, 0.1) is 5.41 Å². The summed E-state index contributed by atoms with van der Waals surface area (Å²) in [6, 6.07) is 0. The smallest absolute Gasteiger partial charge is 0.246 e. The molecule has 0 rings (SSSR count). The number of hydrogen-bond acceptors (Lipinski definition) is 3. The molecule has 0 unspecified atom stereocenters. The van der Waals surface area contributed by atoms with Gasteiger partial charge in [-0.25, -0.2) is 0 Å². The van der Waals surface area contributed by atoms with E-state index < -0.39 is 0 Å². The van der Waals surface area contributed by atoms with Crippen LogP contribution in [0.1, 0.15) is 13.8 Å². The first kappa shape index (κ1) is 13.4. The van der Waals surface area contributed by atoms with Crippen LogP contribution >= 0.6 is 0 Å². The molecule has 0 heterocycles. The van der Waals surface area contributed by atoms with Crippen LogP contribution in [0.5, 0.6) is 0 Å². The summed E-state index contributed by atoms with van der Waals surface area (Å²) in [4.78, 5) is 13.2. The second-order valence-electron chi connectivity index (χ2n) is 4.61. The lowest BCUT2D eigenvalue weighted by Gasteiger charge is -2.28. The molecule has 0 radical (unpaired) electrons. The van der Waals surface area contributed by atoms with Crippen molar-refractivity contribution < 1.29 is 9.53 Å². The van der Waals surface area contributed by atoms with Crippen molar-refractivity contribution in [3.63, 3.8) is 0 Å². The molecule has 0 saturated carbocycles. The van der Waals surface area contributed by atoms with Crippen LogP contribution in [0.25, 0.3) is 0 Å². The Kier molecular flexibility index (Phi) is 5.72. The van der Waals surface area contributed by atoms with E-state index in [0.29, 0.717) is 6.54 Å². The minimum Gasteiger partial charge on any atom is -0.375 e. The van der Waals surface area contributed by atoms with Gasteiger partial charge in [-0.15, -0.1) is 0 Å². The molecule has 1 amide bonds. The molecule has 4 heteroatoms. The molecule has 0 aromatic carbocycles. The van der Waals surface area contributed by atoms with Crippen molar-refractivity contribution in [3.8, 4) is 0 Å². The molecule has 0 aliphatic rings. The van der Waals surface area contributed by atoms with Crippen molar-refractivity contribution in [1.29, 1.82) is 0 Å². The van der Waals surface area contributed by atoms with Crippen molar-refractivity contribution in [2.45, 2.75) is 13.8 Å². The molecular formula is C10H22N2O2. The normalized spacial score (nSPS) is 11.9. The highest BCUT2D eigenvalue weighted by Crippen LogP contribution is 2.13. The van der Waals surface area contributed by atoms with Gasteiger partial charge in [0.1, 0.15) is 6.61 Å². The Balaban J connectivity index is 3.80. The summed E-state index contributed by atoms with van der Waals surface area (Å²) in [6.07, 6.45) is 0. The molecule has 0 bridgehead atoms. The number of amides is 1. The Bertz CT molecular complexity index is 179. The lowest BCUT2D eigenvalue weighted by molar-refractivity contribution is -0.125. The fourth-order valence-corrected chi connectivity index (χ4v) is 1.43. The quantitative estimate of drug-likeness (QED) is 0.675. The summed E-state index contributed by atoms with van der Waals surface area (Å²) in [5.41, 5.74) is 0.0902. The average Bonchev–Trinajstić information content (AvgIpc) is 1.99. The van der Waals surface area contributed by atoms with Crippen molar-refractivity contribution in [2.24, 2.45) is 5.41 Å². The van der Waals surface area contributed by atoms with E-state index in [1.807, 2.05) is 14.1 Å². The van der Waals surface area contributed by atoms with Crippen LogP contribution in [0.2, 0.25) is 0 Å². The molecule has 0 spiro atoms. The molecule has 0 aliphatic heterocycles. The van der Waals surface area contributed by atoms with Crippen LogP contribution in [0.3, 0.4) is 0 Å². The highest BCUT2D eigenvalue weighted by atomic mass is 16.5. The molecule has 0 aliphatic carbocycles. The van der Waals surface area contributed by atoms with Crippen molar-refractivity contribution >= 4 is 5.91 Å².